The number of likely N-dealkylation sites (tertiary alicyclic amines) is 1. The molecule has 1 aliphatic heterocycles. The van der Waals surface area contributed by atoms with Gasteiger partial charge in [0.1, 0.15) is 0 Å². The summed E-state index contributed by atoms with van der Waals surface area (Å²) in [4.78, 5) is 18.7. The highest BCUT2D eigenvalue weighted by Crippen LogP contribution is 2.25. The van der Waals surface area contributed by atoms with Crippen molar-refractivity contribution in [1.82, 2.24) is 20.4 Å². The van der Waals surface area contributed by atoms with E-state index in [4.69, 9.17) is 4.52 Å². The third kappa shape index (κ3) is 4.06. The maximum absolute atomic E-state index is 12.0. The minimum absolute atomic E-state index is 0.197. The molecule has 2 heterocycles. The van der Waals surface area contributed by atoms with Crippen LogP contribution >= 0.6 is 0 Å². The van der Waals surface area contributed by atoms with Crippen LogP contribution in [0.3, 0.4) is 0 Å². The molecule has 1 aromatic heterocycles. The number of aromatic nitrogens is 2. The van der Waals surface area contributed by atoms with E-state index in [1.165, 1.54) is 12.8 Å². The summed E-state index contributed by atoms with van der Waals surface area (Å²) < 4.78 is 5.30. The Hall–Kier alpha value is -1.43. The molecule has 0 spiro atoms. The Bertz CT molecular complexity index is 496. The molecule has 2 aliphatic rings. The molecule has 1 saturated heterocycles. The van der Waals surface area contributed by atoms with Gasteiger partial charge in [0.25, 0.3) is 0 Å². The van der Waals surface area contributed by atoms with Gasteiger partial charge in [0, 0.05) is 25.6 Å². The van der Waals surface area contributed by atoms with Gasteiger partial charge in [0.05, 0.1) is 5.92 Å². The van der Waals surface area contributed by atoms with Crippen LogP contribution in [0, 0.1) is 6.92 Å². The molecule has 6 nitrogen and oxygen atoms in total. The number of aryl methyl sites for hydroxylation is 1. The van der Waals surface area contributed by atoms with Crippen molar-refractivity contribution in [3.63, 3.8) is 0 Å². The van der Waals surface area contributed by atoms with Crippen LogP contribution < -0.4 is 5.32 Å². The summed E-state index contributed by atoms with van der Waals surface area (Å²) in [5.41, 5.74) is 0. The number of carbonyl (C=O) groups is 1. The van der Waals surface area contributed by atoms with E-state index in [2.05, 4.69) is 20.4 Å². The van der Waals surface area contributed by atoms with E-state index in [-0.39, 0.29) is 5.91 Å². The van der Waals surface area contributed by atoms with Gasteiger partial charge in [-0.25, -0.2) is 0 Å². The first-order chi connectivity index (χ1) is 10.7. The molecule has 3 rings (SSSR count). The van der Waals surface area contributed by atoms with Crippen LogP contribution in [0.25, 0.3) is 0 Å². The molecular formula is C16H26N4O2. The maximum atomic E-state index is 12.0. The van der Waals surface area contributed by atoms with Crippen LogP contribution in [0.5, 0.6) is 0 Å². The number of hydrogen-bond acceptors (Lipinski definition) is 5. The number of amides is 1. The van der Waals surface area contributed by atoms with E-state index >= 15 is 0 Å². The summed E-state index contributed by atoms with van der Waals surface area (Å²) in [6.07, 6.45) is 7.60. The number of nitrogens with one attached hydrogen (secondary N) is 1. The fourth-order valence-corrected chi connectivity index (χ4v) is 3.57. The fraction of sp³-hybridized carbons (Fsp3) is 0.812. The number of carbonyl (C=O) groups excluding carboxylic acids is 1. The van der Waals surface area contributed by atoms with Crippen LogP contribution in [0.1, 0.15) is 62.6 Å². The van der Waals surface area contributed by atoms with Crippen LogP contribution in [0.15, 0.2) is 4.52 Å². The van der Waals surface area contributed by atoms with E-state index in [0.29, 0.717) is 24.2 Å². The number of piperidine rings is 1. The third-order valence-electron chi connectivity index (χ3n) is 4.77. The summed E-state index contributed by atoms with van der Waals surface area (Å²) in [5.74, 6) is 1.95. The topological polar surface area (TPSA) is 71.3 Å². The van der Waals surface area contributed by atoms with Crippen molar-refractivity contribution in [2.24, 2.45) is 0 Å². The quantitative estimate of drug-likeness (QED) is 0.901. The minimum atomic E-state index is 0.197. The van der Waals surface area contributed by atoms with Crippen LogP contribution in [-0.4, -0.2) is 46.6 Å². The molecule has 0 bridgehead atoms. The predicted octanol–water partition coefficient (Wildman–Crippen LogP) is 2.01. The highest BCUT2D eigenvalue weighted by Gasteiger charge is 2.26. The lowest BCUT2D eigenvalue weighted by Crippen LogP contribution is -2.39. The van der Waals surface area contributed by atoms with Crippen molar-refractivity contribution >= 4 is 5.91 Å². The average Bonchev–Trinajstić information content (AvgIpc) is 3.17. The van der Waals surface area contributed by atoms with Gasteiger partial charge in [-0.2, -0.15) is 4.98 Å². The van der Waals surface area contributed by atoms with Crippen LogP contribution in [0.4, 0.5) is 0 Å². The Kier molecular flexibility index (Phi) is 5.08. The normalized spacial score (nSPS) is 23.8. The molecule has 1 saturated carbocycles. The van der Waals surface area contributed by atoms with E-state index in [1.54, 1.807) is 0 Å². The van der Waals surface area contributed by atoms with E-state index < -0.39 is 0 Å². The molecule has 1 atom stereocenters. The second kappa shape index (κ2) is 7.22. The number of rotatable bonds is 5. The van der Waals surface area contributed by atoms with Gasteiger partial charge >= 0.3 is 0 Å². The molecule has 2 fully saturated rings. The molecule has 0 unspecified atom stereocenters. The van der Waals surface area contributed by atoms with Crippen molar-refractivity contribution in [2.45, 2.75) is 63.8 Å². The molecule has 22 heavy (non-hydrogen) atoms. The molecule has 1 N–H and O–H groups in total. The zero-order chi connectivity index (χ0) is 15.4. The van der Waals surface area contributed by atoms with Crippen molar-refractivity contribution in [2.75, 3.05) is 19.6 Å². The summed E-state index contributed by atoms with van der Waals surface area (Å²) >= 11 is 0. The van der Waals surface area contributed by atoms with Crippen molar-refractivity contribution < 1.29 is 9.32 Å². The van der Waals surface area contributed by atoms with Gasteiger partial charge < -0.3 is 14.7 Å². The van der Waals surface area contributed by atoms with Gasteiger partial charge in [-0.1, -0.05) is 18.0 Å². The first kappa shape index (κ1) is 15.5. The summed E-state index contributed by atoms with van der Waals surface area (Å²) in [6, 6.07) is 0.419. The van der Waals surface area contributed by atoms with E-state index in [0.717, 1.165) is 51.2 Å². The first-order valence-electron chi connectivity index (χ1n) is 8.52. The lowest BCUT2D eigenvalue weighted by atomic mass is 9.98. The van der Waals surface area contributed by atoms with Crippen molar-refractivity contribution in [3.8, 4) is 0 Å². The standard InChI is InChI=1S/C16H26N4O2/c1-12-17-16(22-19-12)13-5-4-9-20(11-13)10-8-15(21)18-14-6-2-3-7-14/h13-14H,2-11H2,1H3,(H,18,21)/t13-/m0/s1. The monoisotopic (exact) mass is 306 g/mol. The summed E-state index contributed by atoms with van der Waals surface area (Å²) in [5, 5.41) is 7.04. The van der Waals surface area contributed by atoms with Gasteiger partial charge in [0.15, 0.2) is 5.82 Å². The Morgan fingerprint density at radius 2 is 2.14 bits per heavy atom. The number of nitrogens with zero attached hydrogens (tertiary/aromatic N) is 3. The molecule has 1 aliphatic carbocycles. The first-order valence-corrected chi connectivity index (χ1v) is 8.52. The van der Waals surface area contributed by atoms with Gasteiger partial charge in [0.2, 0.25) is 11.8 Å². The fourth-order valence-electron chi connectivity index (χ4n) is 3.57. The summed E-state index contributed by atoms with van der Waals surface area (Å²) in [6.45, 7) is 4.64. The Labute approximate surface area is 131 Å². The molecule has 0 radical (unpaired) electrons. The molecule has 0 aromatic carbocycles. The molecule has 6 heteroatoms. The van der Waals surface area contributed by atoms with E-state index in [1.807, 2.05) is 6.92 Å². The minimum Gasteiger partial charge on any atom is -0.353 e. The van der Waals surface area contributed by atoms with Crippen molar-refractivity contribution in [3.05, 3.63) is 11.7 Å². The highest BCUT2D eigenvalue weighted by atomic mass is 16.5. The lowest BCUT2D eigenvalue weighted by molar-refractivity contribution is -0.122. The highest BCUT2D eigenvalue weighted by molar-refractivity contribution is 5.76. The second-order valence-corrected chi connectivity index (χ2v) is 6.62. The Balaban J connectivity index is 1.43. The average molecular weight is 306 g/mol. The van der Waals surface area contributed by atoms with Gasteiger partial charge in [-0.3, -0.25) is 4.79 Å². The van der Waals surface area contributed by atoms with Crippen molar-refractivity contribution in [1.29, 1.82) is 0 Å². The third-order valence-corrected chi connectivity index (χ3v) is 4.77. The van der Waals surface area contributed by atoms with Gasteiger partial charge in [-0.15, -0.1) is 0 Å². The Morgan fingerprint density at radius 3 is 2.86 bits per heavy atom. The lowest BCUT2D eigenvalue weighted by Gasteiger charge is -2.30. The Morgan fingerprint density at radius 1 is 1.32 bits per heavy atom. The predicted molar refractivity (Wildman–Crippen MR) is 82.5 cm³/mol. The molecule has 122 valence electrons. The second-order valence-electron chi connectivity index (χ2n) is 6.62. The van der Waals surface area contributed by atoms with Crippen LogP contribution in [-0.2, 0) is 4.79 Å². The molecule has 1 amide bonds. The van der Waals surface area contributed by atoms with Gasteiger partial charge in [-0.05, 0) is 39.2 Å². The smallest absolute Gasteiger partial charge is 0.231 e. The SMILES string of the molecule is Cc1noc([C@H]2CCCN(CCC(=O)NC3CCCC3)C2)n1. The zero-order valence-corrected chi connectivity index (χ0v) is 13.4. The molecule has 1 aromatic rings. The number of hydrogen-bond donors (Lipinski definition) is 1. The van der Waals surface area contributed by atoms with E-state index in [9.17, 15) is 4.79 Å². The maximum Gasteiger partial charge on any atom is 0.231 e. The largest absolute Gasteiger partial charge is 0.353 e. The molecular weight excluding hydrogens is 280 g/mol. The van der Waals surface area contributed by atoms with Crippen LogP contribution in [0.2, 0.25) is 0 Å². The zero-order valence-electron chi connectivity index (χ0n) is 13.4. The summed E-state index contributed by atoms with van der Waals surface area (Å²) in [7, 11) is 0.